The van der Waals surface area contributed by atoms with E-state index in [2.05, 4.69) is 10.3 Å². The van der Waals surface area contributed by atoms with Crippen LogP contribution < -0.4 is 5.32 Å². The van der Waals surface area contributed by atoms with E-state index in [9.17, 15) is 10.2 Å². The summed E-state index contributed by atoms with van der Waals surface area (Å²) in [6, 6.07) is 8.64. The second-order valence-electron chi connectivity index (χ2n) is 4.20. The topological polar surface area (TPSA) is 65.4 Å². The molecule has 0 radical (unpaired) electrons. The molecule has 1 aromatic carbocycles. The molecular formula is C14H16N2O2. The zero-order valence-corrected chi connectivity index (χ0v) is 10.2. The highest BCUT2D eigenvalue weighted by Gasteiger charge is 2.07. The minimum absolute atomic E-state index is 0.0663. The fraction of sp³-hybridized carbons (Fsp3) is 0.214. The zero-order valence-electron chi connectivity index (χ0n) is 10.2. The Bertz CT molecular complexity index is 514. The smallest absolute Gasteiger partial charge is 0.123 e. The van der Waals surface area contributed by atoms with Gasteiger partial charge in [0.05, 0.1) is 0 Å². The number of aromatic hydroxyl groups is 2. The van der Waals surface area contributed by atoms with Crippen molar-refractivity contribution in [3.63, 3.8) is 0 Å². The Balaban J connectivity index is 1.99. The summed E-state index contributed by atoms with van der Waals surface area (Å²) in [7, 11) is 0. The zero-order chi connectivity index (χ0) is 13.0. The molecule has 0 saturated heterocycles. The molecule has 94 valence electrons. The van der Waals surface area contributed by atoms with Crippen molar-refractivity contribution in [2.75, 3.05) is 0 Å². The van der Waals surface area contributed by atoms with Crippen LogP contribution in [0.25, 0.3) is 0 Å². The van der Waals surface area contributed by atoms with E-state index < -0.39 is 0 Å². The summed E-state index contributed by atoms with van der Waals surface area (Å²) in [6.07, 6.45) is 3.55. The van der Waals surface area contributed by atoms with Crippen LogP contribution in [0.1, 0.15) is 24.1 Å². The quantitative estimate of drug-likeness (QED) is 0.772. The molecule has 0 aliphatic rings. The van der Waals surface area contributed by atoms with E-state index >= 15 is 0 Å². The molecule has 2 aromatic rings. The molecule has 3 N–H and O–H groups in total. The second kappa shape index (κ2) is 5.51. The Hall–Kier alpha value is -2.07. The van der Waals surface area contributed by atoms with Gasteiger partial charge in [0, 0.05) is 36.6 Å². The summed E-state index contributed by atoms with van der Waals surface area (Å²) in [5.74, 6) is 0.164. The van der Waals surface area contributed by atoms with Gasteiger partial charge in [-0.1, -0.05) is 12.1 Å². The van der Waals surface area contributed by atoms with Gasteiger partial charge < -0.3 is 15.5 Å². The Morgan fingerprint density at radius 3 is 2.78 bits per heavy atom. The van der Waals surface area contributed by atoms with Gasteiger partial charge >= 0.3 is 0 Å². The van der Waals surface area contributed by atoms with Crippen LogP contribution in [0, 0.1) is 0 Å². The van der Waals surface area contributed by atoms with E-state index in [0.717, 1.165) is 11.1 Å². The largest absolute Gasteiger partial charge is 0.508 e. The molecule has 0 fully saturated rings. The van der Waals surface area contributed by atoms with E-state index in [1.165, 1.54) is 6.07 Å². The summed E-state index contributed by atoms with van der Waals surface area (Å²) in [6.45, 7) is 2.57. The summed E-state index contributed by atoms with van der Waals surface area (Å²) in [5, 5.41) is 22.2. The van der Waals surface area contributed by atoms with Gasteiger partial charge in [0.25, 0.3) is 0 Å². The molecular weight excluding hydrogens is 228 g/mol. The Kier molecular flexibility index (Phi) is 3.79. The lowest BCUT2D eigenvalue weighted by molar-refractivity contribution is 0.441. The standard InChI is InChI=1S/C14H16N2O2/c1-10(11-3-2-6-15-8-11)16-9-12-4-5-13(17)7-14(12)18/h2-8,10,16-18H,9H2,1H3. The maximum absolute atomic E-state index is 9.66. The van der Waals surface area contributed by atoms with Crippen LogP contribution in [0.2, 0.25) is 0 Å². The van der Waals surface area contributed by atoms with E-state index in [4.69, 9.17) is 0 Å². The van der Waals surface area contributed by atoms with Gasteiger partial charge in [-0.25, -0.2) is 0 Å². The highest BCUT2D eigenvalue weighted by molar-refractivity contribution is 5.38. The average molecular weight is 244 g/mol. The first-order chi connectivity index (χ1) is 8.66. The summed E-state index contributed by atoms with van der Waals surface area (Å²) in [4.78, 5) is 4.07. The van der Waals surface area contributed by atoms with Crippen LogP contribution >= 0.6 is 0 Å². The van der Waals surface area contributed by atoms with E-state index in [1.807, 2.05) is 25.3 Å². The van der Waals surface area contributed by atoms with Gasteiger partial charge in [-0.15, -0.1) is 0 Å². The van der Waals surface area contributed by atoms with Crippen molar-refractivity contribution in [3.8, 4) is 11.5 Å². The SMILES string of the molecule is CC(NCc1ccc(O)cc1O)c1cccnc1. The molecule has 0 aliphatic carbocycles. The summed E-state index contributed by atoms with van der Waals surface area (Å²) < 4.78 is 0. The summed E-state index contributed by atoms with van der Waals surface area (Å²) >= 11 is 0. The number of aromatic nitrogens is 1. The normalized spacial score (nSPS) is 12.3. The van der Waals surface area contributed by atoms with Crippen molar-refractivity contribution in [2.24, 2.45) is 0 Å². The van der Waals surface area contributed by atoms with Crippen molar-refractivity contribution in [1.29, 1.82) is 0 Å². The third-order valence-electron chi connectivity index (χ3n) is 2.85. The molecule has 1 aromatic heterocycles. The van der Waals surface area contributed by atoms with Crippen molar-refractivity contribution in [2.45, 2.75) is 19.5 Å². The van der Waals surface area contributed by atoms with E-state index in [1.54, 1.807) is 18.3 Å². The number of nitrogens with one attached hydrogen (secondary N) is 1. The number of rotatable bonds is 4. The third kappa shape index (κ3) is 2.99. The van der Waals surface area contributed by atoms with Gasteiger partial charge in [0.2, 0.25) is 0 Å². The summed E-state index contributed by atoms with van der Waals surface area (Å²) in [5.41, 5.74) is 1.85. The maximum Gasteiger partial charge on any atom is 0.123 e. The molecule has 0 amide bonds. The van der Waals surface area contributed by atoms with Gasteiger partial charge in [0.1, 0.15) is 11.5 Å². The molecule has 4 nitrogen and oxygen atoms in total. The third-order valence-corrected chi connectivity index (χ3v) is 2.85. The first kappa shape index (κ1) is 12.4. The van der Waals surface area contributed by atoms with Crippen LogP contribution in [0.5, 0.6) is 11.5 Å². The number of nitrogens with zero attached hydrogens (tertiary/aromatic N) is 1. The minimum Gasteiger partial charge on any atom is -0.508 e. The van der Waals surface area contributed by atoms with Crippen LogP contribution in [0.4, 0.5) is 0 Å². The predicted molar refractivity (Wildman–Crippen MR) is 69.3 cm³/mol. The number of benzene rings is 1. The Labute approximate surface area is 106 Å². The van der Waals surface area contributed by atoms with Gasteiger partial charge in [-0.2, -0.15) is 0 Å². The highest BCUT2D eigenvalue weighted by atomic mass is 16.3. The number of hydrogen-bond donors (Lipinski definition) is 3. The first-order valence-electron chi connectivity index (χ1n) is 5.81. The molecule has 0 spiro atoms. The van der Waals surface area contributed by atoms with Crippen molar-refractivity contribution in [3.05, 3.63) is 53.9 Å². The molecule has 4 heteroatoms. The van der Waals surface area contributed by atoms with Crippen LogP contribution in [0.15, 0.2) is 42.7 Å². The lowest BCUT2D eigenvalue weighted by atomic mass is 10.1. The molecule has 18 heavy (non-hydrogen) atoms. The number of phenolic OH excluding ortho intramolecular Hbond substituents is 2. The van der Waals surface area contributed by atoms with Crippen LogP contribution in [-0.4, -0.2) is 15.2 Å². The number of pyridine rings is 1. The molecule has 0 aliphatic heterocycles. The van der Waals surface area contributed by atoms with Crippen molar-refractivity contribution >= 4 is 0 Å². The predicted octanol–water partition coefficient (Wildman–Crippen LogP) is 2.34. The maximum atomic E-state index is 9.66. The van der Waals surface area contributed by atoms with Gasteiger partial charge in [-0.05, 0) is 24.6 Å². The van der Waals surface area contributed by atoms with Crippen molar-refractivity contribution < 1.29 is 10.2 Å². The van der Waals surface area contributed by atoms with Gasteiger partial charge in [0.15, 0.2) is 0 Å². The Morgan fingerprint density at radius 2 is 2.11 bits per heavy atom. The molecule has 1 unspecified atom stereocenters. The lowest BCUT2D eigenvalue weighted by Gasteiger charge is -2.14. The monoisotopic (exact) mass is 244 g/mol. The number of phenols is 2. The van der Waals surface area contributed by atoms with Crippen LogP contribution in [-0.2, 0) is 6.54 Å². The minimum atomic E-state index is 0.0663. The lowest BCUT2D eigenvalue weighted by Crippen LogP contribution is -2.18. The fourth-order valence-corrected chi connectivity index (χ4v) is 1.71. The van der Waals surface area contributed by atoms with E-state index in [-0.39, 0.29) is 17.5 Å². The first-order valence-corrected chi connectivity index (χ1v) is 5.81. The second-order valence-corrected chi connectivity index (χ2v) is 4.20. The number of hydrogen-bond acceptors (Lipinski definition) is 4. The fourth-order valence-electron chi connectivity index (χ4n) is 1.71. The van der Waals surface area contributed by atoms with Crippen molar-refractivity contribution in [1.82, 2.24) is 10.3 Å². The van der Waals surface area contributed by atoms with E-state index in [0.29, 0.717) is 6.54 Å². The molecule has 0 saturated carbocycles. The molecule has 2 rings (SSSR count). The molecule has 1 heterocycles. The molecule has 1 atom stereocenters. The highest BCUT2D eigenvalue weighted by Crippen LogP contribution is 2.23. The average Bonchev–Trinajstić information content (AvgIpc) is 2.38. The van der Waals surface area contributed by atoms with Crippen LogP contribution in [0.3, 0.4) is 0 Å². The van der Waals surface area contributed by atoms with Gasteiger partial charge in [-0.3, -0.25) is 4.98 Å². The molecule has 0 bridgehead atoms. The Morgan fingerprint density at radius 1 is 1.28 bits per heavy atom.